The maximum atomic E-state index is 12.8. The number of unbranched alkanes of at least 4 members (excludes halogenated alkanes) is 1. The summed E-state index contributed by atoms with van der Waals surface area (Å²) in [5.74, 6) is -0.0880. The largest absolute Gasteiger partial charge is 0.328 e. The smallest absolute Gasteiger partial charge is 0.276 e. The zero-order chi connectivity index (χ0) is 20.2. The van der Waals surface area contributed by atoms with Gasteiger partial charge in [-0.2, -0.15) is 5.10 Å². The summed E-state index contributed by atoms with van der Waals surface area (Å²) in [5, 5.41) is 8.33. The Morgan fingerprint density at radius 3 is 2.45 bits per heavy atom. The van der Waals surface area contributed by atoms with Gasteiger partial charge in [0.2, 0.25) is 0 Å². The molecule has 3 aromatic rings. The molecule has 1 saturated heterocycles. The summed E-state index contributed by atoms with van der Waals surface area (Å²) in [7, 11) is 0. The lowest BCUT2D eigenvalue weighted by Gasteiger charge is -2.12. The lowest BCUT2D eigenvalue weighted by molar-refractivity contribution is -0.122. The van der Waals surface area contributed by atoms with Gasteiger partial charge in [-0.05, 0) is 36.8 Å². The summed E-state index contributed by atoms with van der Waals surface area (Å²) >= 11 is 5.36. The normalized spacial score (nSPS) is 15.2. The molecule has 0 spiro atoms. The van der Waals surface area contributed by atoms with E-state index < -0.39 is 0 Å². The van der Waals surface area contributed by atoms with E-state index in [1.165, 1.54) is 0 Å². The van der Waals surface area contributed by atoms with Crippen LogP contribution >= 0.6 is 12.2 Å². The molecule has 1 amide bonds. The van der Waals surface area contributed by atoms with Crippen molar-refractivity contribution in [2.45, 2.75) is 19.8 Å². The molecule has 4 rings (SSSR count). The van der Waals surface area contributed by atoms with Crippen molar-refractivity contribution >= 4 is 29.3 Å². The zero-order valence-corrected chi connectivity index (χ0v) is 17.0. The summed E-state index contributed by atoms with van der Waals surface area (Å²) in [5.41, 5.74) is 4.10. The summed E-state index contributed by atoms with van der Waals surface area (Å²) in [6, 6.07) is 19.9. The topological polar surface area (TPSA) is 50.2 Å². The van der Waals surface area contributed by atoms with Crippen LogP contribution in [0.1, 0.15) is 25.3 Å². The summed E-state index contributed by atoms with van der Waals surface area (Å²) < 4.78 is 1.83. The first-order valence-corrected chi connectivity index (χ1v) is 10.1. The van der Waals surface area contributed by atoms with E-state index in [0.717, 1.165) is 35.3 Å². The maximum Gasteiger partial charge on any atom is 0.276 e. The van der Waals surface area contributed by atoms with Crippen LogP contribution in [0.3, 0.4) is 0 Å². The number of rotatable bonds is 6. The number of amides is 1. The Labute approximate surface area is 175 Å². The van der Waals surface area contributed by atoms with Crippen molar-refractivity contribution in [1.82, 2.24) is 20.0 Å². The van der Waals surface area contributed by atoms with E-state index in [4.69, 9.17) is 17.3 Å². The van der Waals surface area contributed by atoms with E-state index in [1.807, 2.05) is 77.6 Å². The Bertz CT molecular complexity index is 1060. The number of benzene rings is 2. The van der Waals surface area contributed by atoms with Gasteiger partial charge in [-0.15, -0.1) is 0 Å². The molecule has 1 fully saturated rings. The van der Waals surface area contributed by atoms with Gasteiger partial charge in [-0.25, -0.2) is 4.68 Å². The molecule has 2 heterocycles. The third-order valence-electron chi connectivity index (χ3n) is 4.81. The molecule has 29 heavy (non-hydrogen) atoms. The predicted octanol–water partition coefficient (Wildman–Crippen LogP) is 4.40. The average Bonchev–Trinajstić information content (AvgIpc) is 3.29. The third kappa shape index (κ3) is 3.98. The molecule has 1 aliphatic rings. The summed E-state index contributed by atoms with van der Waals surface area (Å²) in [6.07, 6.45) is 5.71. The fraction of sp³-hybridized carbons (Fsp3) is 0.174. The molecule has 1 N–H and O–H groups in total. The van der Waals surface area contributed by atoms with Gasteiger partial charge < -0.3 is 5.32 Å². The number of carbonyl (C=O) groups excluding carboxylic acids is 1. The van der Waals surface area contributed by atoms with Gasteiger partial charge in [-0.1, -0.05) is 61.9 Å². The van der Waals surface area contributed by atoms with Gasteiger partial charge in [0.05, 0.1) is 5.69 Å². The second kappa shape index (κ2) is 8.41. The molecule has 146 valence electrons. The van der Waals surface area contributed by atoms with E-state index in [2.05, 4.69) is 12.2 Å². The first-order chi connectivity index (χ1) is 14.2. The molecule has 1 aromatic heterocycles. The van der Waals surface area contributed by atoms with Gasteiger partial charge in [-0.3, -0.25) is 9.69 Å². The van der Waals surface area contributed by atoms with Crippen molar-refractivity contribution in [3.63, 3.8) is 0 Å². The van der Waals surface area contributed by atoms with Crippen molar-refractivity contribution in [2.75, 3.05) is 6.54 Å². The van der Waals surface area contributed by atoms with E-state index in [-0.39, 0.29) is 5.91 Å². The highest BCUT2D eigenvalue weighted by atomic mass is 32.1. The molecule has 0 saturated carbocycles. The van der Waals surface area contributed by atoms with Gasteiger partial charge in [0, 0.05) is 23.9 Å². The fourth-order valence-corrected chi connectivity index (χ4v) is 3.56. The van der Waals surface area contributed by atoms with Gasteiger partial charge >= 0.3 is 0 Å². The molecule has 0 atom stereocenters. The monoisotopic (exact) mass is 402 g/mol. The molecule has 5 nitrogen and oxygen atoms in total. The van der Waals surface area contributed by atoms with Crippen LogP contribution in [0.5, 0.6) is 0 Å². The number of hydrogen-bond donors (Lipinski definition) is 1. The van der Waals surface area contributed by atoms with Crippen LogP contribution < -0.4 is 5.32 Å². The number of hydrogen-bond acceptors (Lipinski definition) is 3. The van der Waals surface area contributed by atoms with E-state index in [1.54, 1.807) is 4.90 Å². The third-order valence-corrected chi connectivity index (χ3v) is 5.13. The van der Waals surface area contributed by atoms with E-state index in [9.17, 15) is 4.79 Å². The van der Waals surface area contributed by atoms with Crippen molar-refractivity contribution in [1.29, 1.82) is 0 Å². The molecule has 1 aliphatic heterocycles. The van der Waals surface area contributed by atoms with Crippen LogP contribution in [-0.4, -0.2) is 32.2 Å². The average molecular weight is 403 g/mol. The highest BCUT2D eigenvalue weighted by Gasteiger charge is 2.30. The summed E-state index contributed by atoms with van der Waals surface area (Å²) in [6.45, 7) is 2.73. The second-order valence-electron chi connectivity index (χ2n) is 6.88. The van der Waals surface area contributed by atoms with Crippen LogP contribution in [0.15, 0.2) is 72.6 Å². The van der Waals surface area contributed by atoms with Gasteiger partial charge in [0.15, 0.2) is 5.11 Å². The molecule has 0 bridgehead atoms. The second-order valence-corrected chi connectivity index (χ2v) is 7.26. The Hall–Kier alpha value is -3.25. The van der Waals surface area contributed by atoms with Crippen molar-refractivity contribution in [3.05, 3.63) is 78.1 Å². The van der Waals surface area contributed by atoms with Crippen LogP contribution in [-0.2, 0) is 4.79 Å². The summed E-state index contributed by atoms with van der Waals surface area (Å²) in [4.78, 5) is 14.5. The lowest BCUT2D eigenvalue weighted by Crippen LogP contribution is -2.31. The Kier molecular flexibility index (Phi) is 5.53. The van der Waals surface area contributed by atoms with E-state index >= 15 is 0 Å². The maximum absolute atomic E-state index is 12.8. The molecule has 0 radical (unpaired) electrons. The van der Waals surface area contributed by atoms with Crippen LogP contribution in [0.25, 0.3) is 23.0 Å². The van der Waals surface area contributed by atoms with Crippen LogP contribution in [0, 0.1) is 0 Å². The fourth-order valence-electron chi connectivity index (χ4n) is 3.27. The Balaban J connectivity index is 1.75. The van der Waals surface area contributed by atoms with Gasteiger partial charge in [0.1, 0.15) is 11.4 Å². The predicted molar refractivity (Wildman–Crippen MR) is 119 cm³/mol. The highest BCUT2D eigenvalue weighted by molar-refractivity contribution is 7.80. The number of nitrogens with zero attached hydrogens (tertiary/aromatic N) is 3. The highest BCUT2D eigenvalue weighted by Crippen LogP contribution is 2.26. The zero-order valence-electron chi connectivity index (χ0n) is 16.2. The first-order valence-electron chi connectivity index (χ1n) is 9.72. The number of thiocarbonyl (C=S) groups is 1. The minimum Gasteiger partial charge on any atom is -0.328 e. The van der Waals surface area contributed by atoms with Crippen molar-refractivity contribution in [3.8, 4) is 16.9 Å². The Morgan fingerprint density at radius 2 is 1.76 bits per heavy atom. The quantitative estimate of drug-likeness (QED) is 0.491. The first kappa shape index (κ1) is 19.1. The molecule has 0 unspecified atom stereocenters. The van der Waals surface area contributed by atoms with Crippen LogP contribution in [0.2, 0.25) is 0 Å². The standard InChI is InChI=1S/C23H22N4OS/c1-2-3-14-26-22(28)20(24-23(26)29)15-18-16-27(19-12-8-5-9-13-19)25-21(18)17-10-6-4-7-11-17/h4-13,15-16H,2-3,14H2,1H3,(H,24,29). The SMILES string of the molecule is CCCCN1C(=O)C(=Cc2cn(-c3ccccc3)nc2-c2ccccc2)NC1=S. The number of aromatic nitrogens is 2. The van der Waals surface area contributed by atoms with Crippen molar-refractivity contribution in [2.24, 2.45) is 0 Å². The molecule has 0 aliphatic carbocycles. The number of para-hydroxylation sites is 1. The minimum atomic E-state index is -0.0880. The molecule has 6 heteroatoms. The Morgan fingerprint density at radius 1 is 1.07 bits per heavy atom. The molecule has 2 aromatic carbocycles. The van der Waals surface area contributed by atoms with E-state index in [0.29, 0.717) is 17.4 Å². The van der Waals surface area contributed by atoms with Gasteiger partial charge in [0.25, 0.3) is 5.91 Å². The molecular formula is C23H22N4OS. The van der Waals surface area contributed by atoms with Crippen LogP contribution in [0.4, 0.5) is 0 Å². The van der Waals surface area contributed by atoms with Crippen molar-refractivity contribution < 1.29 is 4.79 Å². The minimum absolute atomic E-state index is 0.0880. The lowest BCUT2D eigenvalue weighted by atomic mass is 10.1. The number of nitrogens with one attached hydrogen (secondary N) is 1. The number of carbonyl (C=O) groups is 1. The molecular weight excluding hydrogens is 380 g/mol.